The van der Waals surface area contributed by atoms with Crippen LogP contribution >= 0.6 is 0 Å². The van der Waals surface area contributed by atoms with Crippen LogP contribution in [0.2, 0.25) is 0 Å². The summed E-state index contributed by atoms with van der Waals surface area (Å²) in [4.78, 5) is 6.32. The van der Waals surface area contributed by atoms with E-state index >= 15 is 0 Å². The zero-order chi connectivity index (χ0) is 15.2. The molecule has 1 aromatic carbocycles. The van der Waals surface area contributed by atoms with E-state index in [1.807, 2.05) is 31.1 Å². The van der Waals surface area contributed by atoms with Crippen molar-refractivity contribution in [2.24, 2.45) is 0 Å². The van der Waals surface area contributed by atoms with E-state index in [1.165, 1.54) is 6.07 Å². The first-order valence-electron chi connectivity index (χ1n) is 6.75. The molecule has 0 atom stereocenters. The Morgan fingerprint density at radius 1 is 1.19 bits per heavy atom. The molecule has 0 radical (unpaired) electrons. The Hall–Kier alpha value is -2.14. The number of anilines is 1. The van der Waals surface area contributed by atoms with Gasteiger partial charge in [-0.2, -0.15) is 0 Å². The van der Waals surface area contributed by atoms with Gasteiger partial charge in [0.05, 0.1) is 12.8 Å². The average Bonchev–Trinajstić information content (AvgIpc) is 2.49. The quantitative estimate of drug-likeness (QED) is 0.887. The summed E-state index contributed by atoms with van der Waals surface area (Å²) in [6, 6.07) is 8.69. The molecule has 0 unspecified atom stereocenters. The lowest BCUT2D eigenvalue weighted by atomic mass is 10.2. The Morgan fingerprint density at radius 3 is 2.71 bits per heavy atom. The van der Waals surface area contributed by atoms with E-state index in [4.69, 9.17) is 4.74 Å². The second-order valence-electron chi connectivity index (χ2n) is 4.96. The van der Waals surface area contributed by atoms with E-state index in [-0.39, 0.29) is 5.82 Å². The molecule has 0 spiro atoms. The van der Waals surface area contributed by atoms with Gasteiger partial charge in [-0.1, -0.05) is 0 Å². The van der Waals surface area contributed by atoms with Gasteiger partial charge in [0.2, 0.25) is 0 Å². The van der Waals surface area contributed by atoms with Crippen LogP contribution in [0.5, 0.6) is 5.75 Å². The molecule has 1 heterocycles. The number of rotatable bonds is 6. The molecule has 0 aliphatic rings. The maximum atomic E-state index is 13.7. The number of hydrogen-bond donors (Lipinski definition) is 1. The first kappa shape index (κ1) is 15.3. The van der Waals surface area contributed by atoms with Crippen molar-refractivity contribution in [3.8, 4) is 5.75 Å². The Bertz CT molecular complexity index is 602. The fourth-order valence-corrected chi connectivity index (χ4v) is 1.98. The third-order valence-corrected chi connectivity index (χ3v) is 3.19. The maximum absolute atomic E-state index is 13.7. The van der Waals surface area contributed by atoms with Crippen molar-refractivity contribution in [2.45, 2.75) is 13.1 Å². The Labute approximate surface area is 124 Å². The van der Waals surface area contributed by atoms with Gasteiger partial charge >= 0.3 is 0 Å². The monoisotopic (exact) mass is 289 g/mol. The number of hydrogen-bond acceptors (Lipinski definition) is 4. The molecule has 0 aliphatic heterocycles. The van der Waals surface area contributed by atoms with Gasteiger partial charge in [0, 0.05) is 44.6 Å². The first-order valence-corrected chi connectivity index (χ1v) is 6.75. The standard InChI is InChI=1S/C16H20FN3O/c1-20(2)14-6-7-19-13(9-14)11-18-10-12-8-15(21-3)4-5-16(12)17/h4-9,18H,10-11H2,1-3H3. The molecule has 4 nitrogen and oxygen atoms in total. The van der Waals surface area contributed by atoms with Gasteiger partial charge in [0.25, 0.3) is 0 Å². The zero-order valence-electron chi connectivity index (χ0n) is 12.6. The fourth-order valence-electron chi connectivity index (χ4n) is 1.98. The second-order valence-corrected chi connectivity index (χ2v) is 4.96. The van der Waals surface area contributed by atoms with Crippen LogP contribution in [0.4, 0.5) is 10.1 Å². The van der Waals surface area contributed by atoms with Crippen LogP contribution in [0.15, 0.2) is 36.5 Å². The third kappa shape index (κ3) is 4.16. The highest BCUT2D eigenvalue weighted by Gasteiger charge is 2.04. The van der Waals surface area contributed by atoms with Crippen LogP contribution in [0.3, 0.4) is 0 Å². The summed E-state index contributed by atoms with van der Waals surface area (Å²) in [5.74, 6) is 0.416. The zero-order valence-corrected chi connectivity index (χ0v) is 12.6. The number of aromatic nitrogens is 1. The SMILES string of the molecule is COc1ccc(F)c(CNCc2cc(N(C)C)ccn2)c1. The molecule has 0 bridgehead atoms. The summed E-state index contributed by atoms with van der Waals surface area (Å²) >= 11 is 0. The number of pyridine rings is 1. The van der Waals surface area contributed by atoms with Crippen molar-refractivity contribution in [2.75, 3.05) is 26.1 Å². The van der Waals surface area contributed by atoms with Gasteiger partial charge in [0.1, 0.15) is 11.6 Å². The van der Waals surface area contributed by atoms with Crippen molar-refractivity contribution in [1.82, 2.24) is 10.3 Å². The van der Waals surface area contributed by atoms with E-state index in [2.05, 4.69) is 10.3 Å². The first-order chi connectivity index (χ1) is 10.1. The molecule has 5 heteroatoms. The molecule has 0 fully saturated rings. The highest BCUT2D eigenvalue weighted by Crippen LogP contribution is 2.16. The van der Waals surface area contributed by atoms with E-state index in [9.17, 15) is 4.39 Å². The van der Waals surface area contributed by atoms with Gasteiger partial charge in [-0.15, -0.1) is 0 Å². The highest BCUT2D eigenvalue weighted by atomic mass is 19.1. The van der Waals surface area contributed by atoms with Crippen molar-refractivity contribution in [3.05, 3.63) is 53.6 Å². The van der Waals surface area contributed by atoms with Crippen LogP contribution < -0.4 is 15.0 Å². The highest BCUT2D eigenvalue weighted by molar-refractivity contribution is 5.44. The predicted molar refractivity (Wildman–Crippen MR) is 82.1 cm³/mol. The Morgan fingerprint density at radius 2 is 2.00 bits per heavy atom. The summed E-state index contributed by atoms with van der Waals surface area (Å²) < 4.78 is 18.8. The van der Waals surface area contributed by atoms with Crippen LogP contribution in [-0.2, 0) is 13.1 Å². The molecule has 21 heavy (non-hydrogen) atoms. The molecule has 112 valence electrons. The molecular weight excluding hydrogens is 269 g/mol. The third-order valence-electron chi connectivity index (χ3n) is 3.19. The summed E-state index contributed by atoms with van der Waals surface area (Å²) in [5.41, 5.74) is 2.59. The van der Waals surface area contributed by atoms with Gasteiger partial charge in [-0.3, -0.25) is 4.98 Å². The lowest BCUT2D eigenvalue weighted by Crippen LogP contribution is -2.16. The van der Waals surface area contributed by atoms with Crippen LogP contribution in [0.25, 0.3) is 0 Å². The van der Waals surface area contributed by atoms with Crippen molar-refractivity contribution >= 4 is 5.69 Å². The predicted octanol–water partition coefficient (Wildman–Crippen LogP) is 2.59. The minimum Gasteiger partial charge on any atom is -0.497 e. The number of methoxy groups -OCH3 is 1. The van der Waals surface area contributed by atoms with E-state index in [0.717, 1.165) is 11.4 Å². The van der Waals surface area contributed by atoms with E-state index in [0.29, 0.717) is 24.4 Å². The summed E-state index contributed by atoms with van der Waals surface area (Å²) in [7, 11) is 5.54. The molecular formula is C16H20FN3O. The maximum Gasteiger partial charge on any atom is 0.127 e. The number of nitrogens with zero attached hydrogens (tertiary/aromatic N) is 2. The van der Waals surface area contributed by atoms with Gasteiger partial charge in [-0.25, -0.2) is 4.39 Å². The van der Waals surface area contributed by atoms with Gasteiger partial charge in [-0.05, 0) is 30.3 Å². The minimum absolute atomic E-state index is 0.238. The van der Waals surface area contributed by atoms with Crippen molar-refractivity contribution < 1.29 is 9.13 Å². The molecule has 2 rings (SSSR count). The van der Waals surface area contributed by atoms with Crippen LogP contribution in [-0.4, -0.2) is 26.2 Å². The Kier molecular flexibility index (Phi) is 5.11. The summed E-state index contributed by atoms with van der Waals surface area (Å²) in [6.45, 7) is 1.01. The largest absolute Gasteiger partial charge is 0.497 e. The normalized spacial score (nSPS) is 10.5. The van der Waals surface area contributed by atoms with E-state index in [1.54, 1.807) is 25.4 Å². The molecule has 0 saturated carbocycles. The van der Waals surface area contributed by atoms with E-state index < -0.39 is 0 Å². The Balaban J connectivity index is 1.97. The van der Waals surface area contributed by atoms with Gasteiger partial charge < -0.3 is 15.0 Å². The average molecular weight is 289 g/mol. The summed E-state index contributed by atoms with van der Waals surface area (Å²) in [5, 5.41) is 3.20. The lowest BCUT2D eigenvalue weighted by molar-refractivity contribution is 0.412. The number of ether oxygens (including phenoxy) is 1. The topological polar surface area (TPSA) is 37.4 Å². The minimum atomic E-state index is -0.238. The molecule has 0 amide bonds. The van der Waals surface area contributed by atoms with Crippen molar-refractivity contribution in [1.29, 1.82) is 0 Å². The smallest absolute Gasteiger partial charge is 0.127 e. The van der Waals surface area contributed by atoms with Crippen LogP contribution in [0, 0.1) is 5.82 Å². The molecule has 0 saturated heterocycles. The number of halogens is 1. The number of benzene rings is 1. The fraction of sp³-hybridized carbons (Fsp3) is 0.312. The molecule has 2 aromatic rings. The van der Waals surface area contributed by atoms with Gasteiger partial charge in [0.15, 0.2) is 0 Å². The number of nitrogens with one attached hydrogen (secondary N) is 1. The molecule has 1 aromatic heterocycles. The summed E-state index contributed by atoms with van der Waals surface area (Å²) in [6.07, 6.45) is 1.78. The lowest BCUT2D eigenvalue weighted by Gasteiger charge is -2.13. The van der Waals surface area contributed by atoms with Crippen molar-refractivity contribution in [3.63, 3.8) is 0 Å². The van der Waals surface area contributed by atoms with Crippen LogP contribution in [0.1, 0.15) is 11.3 Å². The molecule has 1 N–H and O–H groups in total. The second kappa shape index (κ2) is 7.04. The molecule has 0 aliphatic carbocycles.